The maximum Gasteiger partial charge on any atom is 0.243 e. The van der Waals surface area contributed by atoms with Crippen molar-refractivity contribution in [2.45, 2.75) is 30.7 Å². The highest BCUT2D eigenvalue weighted by Gasteiger charge is 2.43. The standard InChI is InChI=1S/C19H23N3O4S2/c1-19(2)15-10-14(7-8-16(15)22(4)18(19)24)28(25,26)21(3)12-17(23)20-11-13-6-5-9-27-13/h5-10H,11-12H2,1-4H3,(H,20,23). The lowest BCUT2D eigenvalue weighted by atomic mass is 9.86. The van der Waals surface area contributed by atoms with Crippen molar-refractivity contribution >= 4 is 38.9 Å². The molecule has 0 radical (unpaired) electrons. The Bertz CT molecular complexity index is 1010. The molecule has 0 atom stereocenters. The highest BCUT2D eigenvalue weighted by molar-refractivity contribution is 7.89. The molecule has 1 aliphatic rings. The van der Waals surface area contributed by atoms with Gasteiger partial charge in [-0.2, -0.15) is 4.31 Å². The number of likely N-dealkylation sites (N-methyl/N-ethyl adjacent to an activating group) is 2. The molecule has 9 heteroatoms. The Kier molecular flexibility index (Phi) is 5.35. The van der Waals surface area contributed by atoms with Crippen LogP contribution in [0.15, 0.2) is 40.6 Å². The van der Waals surface area contributed by atoms with Crippen molar-refractivity contribution in [1.82, 2.24) is 9.62 Å². The number of fused-ring (bicyclic) bond motifs is 1. The number of carbonyl (C=O) groups excluding carboxylic acids is 2. The molecule has 0 unspecified atom stereocenters. The van der Waals surface area contributed by atoms with E-state index in [2.05, 4.69) is 5.32 Å². The smallest absolute Gasteiger partial charge is 0.243 e. The van der Waals surface area contributed by atoms with E-state index in [9.17, 15) is 18.0 Å². The first-order chi connectivity index (χ1) is 13.0. The first kappa shape index (κ1) is 20.5. The lowest BCUT2D eigenvalue weighted by Gasteiger charge is -2.19. The molecule has 1 N–H and O–H groups in total. The summed E-state index contributed by atoms with van der Waals surface area (Å²) in [5.41, 5.74) is 0.564. The molecular formula is C19H23N3O4S2. The van der Waals surface area contributed by atoms with Crippen molar-refractivity contribution in [3.05, 3.63) is 46.2 Å². The maximum absolute atomic E-state index is 12.9. The van der Waals surface area contributed by atoms with Crippen molar-refractivity contribution in [3.8, 4) is 0 Å². The summed E-state index contributed by atoms with van der Waals surface area (Å²) in [4.78, 5) is 27.1. The Labute approximate surface area is 169 Å². The van der Waals surface area contributed by atoms with Gasteiger partial charge >= 0.3 is 0 Å². The molecule has 1 aromatic carbocycles. The summed E-state index contributed by atoms with van der Waals surface area (Å²) in [5.74, 6) is -0.464. The maximum atomic E-state index is 12.9. The summed E-state index contributed by atoms with van der Waals surface area (Å²) in [6, 6.07) is 8.43. The van der Waals surface area contributed by atoms with Gasteiger partial charge in [0.15, 0.2) is 0 Å². The van der Waals surface area contributed by atoms with E-state index in [-0.39, 0.29) is 23.3 Å². The molecule has 0 saturated carbocycles. The fourth-order valence-electron chi connectivity index (χ4n) is 3.23. The van der Waals surface area contributed by atoms with Crippen LogP contribution in [-0.2, 0) is 31.6 Å². The van der Waals surface area contributed by atoms with Gasteiger partial charge in [0.05, 0.1) is 23.4 Å². The number of rotatable bonds is 6. The summed E-state index contributed by atoms with van der Waals surface area (Å²) in [6.07, 6.45) is 0. The molecule has 2 heterocycles. The second kappa shape index (κ2) is 7.31. The minimum Gasteiger partial charge on any atom is -0.350 e. The first-order valence-electron chi connectivity index (χ1n) is 8.73. The summed E-state index contributed by atoms with van der Waals surface area (Å²) >= 11 is 1.52. The normalized spacial score (nSPS) is 15.8. The second-order valence-corrected chi connectivity index (χ2v) is 10.4. The molecule has 0 bridgehead atoms. The van der Waals surface area contributed by atoms with Gasteiger partial charge in [-0.05, 0) is 49.1 Å². The number of nitrogens with one attached hydrogen (secondary N) is 1. The van der Waals surface area contributed by atoms with E-state index in [1.807, 2.05) is 17.5 Å². The van der Waals surface area contributed by atoms with E-state index >= 15 is 0 Å². The SMILES string of the molecule is CN1C(=O)C(C)(C)c2cc(S(=O)(=O)N(C)CC(=O)NCc3cccs3)ccc21. The Morgan fingerprint density at radius 3 is 2.64 bits per heavy atom. The summed E-state index contributed by atoms with van der Waals surface area (Å²) < 4.78 is 26.9. The van der Waals surface area contributed by atoms with E-state index in [1.54, 1.807) is 27.0 Å². The number of hydrogen-bond donors (Lipinski definition) is 1. The van der Waals surface area contributed by atoms with Crippen LogP contribution in [0.4, 0.5) is 5.69 Å². The van der Waals surface area contributed by atoms with Crippen LogP contribution in [0.3, 0.4) is 0 Å². The Morgan fingerprint density at radius 2 is 2.00 bits per heavy atom. The van der Waals surface area contributed by atoms with Crippen molar-refractivity contribution < 1.29 is 18.0 Å². The van der Waals surface area contributed by atoms with Gasteiger partial charge in [-0.1, -0.05) is 6.07 Å². The first-order valence-corrected chi connectivity index (χ1v) is 11.0. The Hall–Kier alpha value is -2.23. The highest BCUT2D eigenvalue weighted by atomic mass is 32.2. The van der Waals surface area contributed by atoms with Crippen LogP contribution in [0, 0.1) is 0 Å². The van der Waals surface area contributed by atoms with Crippen LogP contribution in [0.2, 0.25) is 0 Å². The van der Waals surface area contributed by atoms with Gasteiger partial charge < -0.3 is 10.2 Å². The molecule has 150 valence electrons. The van der Waals surface area contributed by atoms with E-state index in [0.717, 1.165) is 9.18 Å². The molecule has 1 aliphatic heterocycles. The quantitative estimate of drug-likeness (QED) is 0.772. The Morgan fingerprint density at radius 1 is 1.29 bits per heavy atom. The molecular weight excluding hydrogens is 398 g/mol. The zero-order valence-electron chi connectivity index (χ0n) is 16.2. The number of sulfonamides is 1. The summed E-state index contributed by atoms with van der Waals surface area (Å²) in [6.45, 7) is 3.63. The zero-order chi connectivity index (χ0) is 20.7. The van der Waals surface area contributed by atoms with Crippen LogP contribution in [0.25, 0.3) is 0 Å². The third kappa shape index (κ3) is 3.57. The topological polar surface area (TPSA) is 86.8 Å². The molecule has 0 aliphatic carbocycles. The molecule has 1 aromatic heterocycles. The summed E-state index contributed by atoms with van der Waals surface area (Å²) in [7, 11) is -0.822. The molecule has 0 spiro atoms. The van der Waals surface area contributed by atoms with Crippen molar-refractivity contribution in [2.75, 3.05) is 25.5 Å². The van der Waals surface area contributed by atoms with Crippen molar-refractivity contribution in [2.24, 2.45) is 0 Å². The van der Waals surface area contributed by atoms with E-state index in [4.69, 9.17) is 0 Å². The lowest BCUT2D eigenvalue weighted by molar-refractivity contribution is -0.122. The van der Waals surface area contributed by atoms with Crippen LogP contribution in [0.5, 0.6) is 0 Å². The molecule has 2 aromatic rings. The average molecular weight is 422 g/mol. The van der Waals surface area contributed by atoms with E-state index < -0.39 is 15.4 Å². The summed E-state index contributed by atoms with van der Waals surface area (Å²) in [5, 5.41) is 4.63. The van der Waals surface area contributed by atoms with Gasteiger partial charge in [-0.3, -0.25) is 9.59 Å². The minimum absolute atomic E-state index is 0.0657. The van der Waals surface area contributed by atoms with Crippen LogP contribution < -0.4 is 10.2 Å². The van der Waals surface area contributed by atoms with Gasteiger partial charge in [0.2, 0.25) is 21.8 Å². The number of benzene rings is 1. The zero-order valence-corrected chi connectivity index (χ0v) is 17.9. The Balaban J connectivity index is 1.76. The number of nitrogens with zero attached hydrogens (tertiary/aromatic N) is 2. The van der Waals surface area contributed by atoms with E-state index in [0.29, 0.717) is 17.8 Å². The van der Waals surface area contributed by atoms with Crippen molar-refractivity contribution in [3.63, 3.8) is 0 Å². The molecule has 0 saturated heterocycles. The van der Waals surface area contributed by atoms with Gasteiger partial charge in [0.1, 0.15) is 0 Å². The highest BCUT2D eigenvalue weighted by Crippen LogP contribution is 2.41. The van der Waals surface area contributed by atoms with Gasteiger partial charge in [0.25, 0.3) is 0 Å². The largest absolute Gasteiger partial charge is 0.350 e. The minimum atomic E-state index is -3.87. The van der Waals surface area contributed by atoms with E-state index in [1.165, 1.54) is 35.4 Å². The number of thiophene rings is 1. The third-order valence-corrected chi connectivity index (χ3v) is 7.63. The van der Waals surface area contributed by atoms with Crippen molar-refractivity contribution in [1.29, 1.82) is 0 Å². The number of hydrogen-bond acceptors (Lipinski definition) is 5. The predicted octanol–water partition coefficient (Wildman–Crippen LogP) is 1.94. The van der Waals surface area contributed by atoms with Gasteiger partial charge in [0, 0.05) is 24.7 Å². The van der Waals surface area contributed by atoms with Gasteiger partial charge in [-0.15, -0.1) is 11.3 Å². The lowest BCUT2D eigenvalue weighted by Crippen LogP contribution is -2.38. The van der Waals surface area contributed by atoms with Gasteiger partial charge in [-0.25, -0.2) is 8.42 Å². The fraction of sp³-hybridized carbons (Fsp3) is 0.368. The third-order valence-electron chi connectivity index (χ3n) is 4.96. The van der Waals surface area contributed by atoms with Crippen LogP contribution >= 0.6 is 11.3 Å². The predicted molar refractivity (Wildman–Crippen MR) is 109 cm³/mol. The molecule has 2 amide bonds. The van der Waals surface area contributed by atoms with Crippen LogP contribution in [-0.4, -0.2) is 45.2 Å². The average Bonchev–Trinajstić information content (AvgIpc) is 3.22. The number of anilines is 1. The fourth-order valence-corrected chi connectivity index (χ4v) is 5.03. The number of amides is 2. The molecule has 3 rings (SSSR count). The molecule has 0 fully saturated rings. The molecule has 28 heavy (non-hydrogen) atoms. The molecule has 7 nitrogen and oxygen atoms in total. The number of carbonyl (C=O) groups is 2. The second-order valence-electron chi connectivity index (χ2n) is 7.29. The van der Waals surface area contributed by atoms with Crippen LogP contribution in [0.1, 0.15) is 24.3 Å². The monoisotopic (exact) mass is 421 g/mol.